The Morgan fingerprint density at radius 1 is 1.40 bits per heavy atom. The predicted molar refractivity (Wildman–Crippen MR) is 77.8 cm³/mol. The van der Waals surface area contributed by atoms with Crippen molar-refractivity contribution in [3.05, 3.63) is 36.3 Å². The molecular weight excluding hydrogens is 297 g/mol. The van der Waals surface area contributed by atoms with Crippen molar-refractivity contribution in [2.75, 3.05) is 6.26 Å². The third kappa shape index (κ3) is 1.74. The molecule has 0 spiro atoms. The SMILES string of the molecule is CSc1nn2cc(-c3cc4c(F)cccc4o3)nc2s1. The van der Waals surface area contributed by atoms with E-state index in [-0.39, 0.29) is 5.82 Å². The van der Waals surface area contributed by atoms with E-state index in [0.29, 0.717) is 22.4 Å². The number of hydrogen-bond donors (Lipinski definition) is 0. The summed E-state index contributed by atoms with van der Waals surface area (Å²) in [6, 6.07) is 6.46. The van der Waals surface area contributed by atoms with Gasteiger partial charge in [-0.15, -0.1) is 5.10 Å². The molecule has 0 bridgehead atoms. The third-order valence-electron chi connectivity index (χ3n) is 2.96. The molecule has 0 unspecified atom stereocenters. The lowest BCUT2D eigenvalue weighted by molar-refractivity contribution is 0.620. The van der Waals surface area contributed by atoms with Gasteiger partial charge in [0, 0.05) is 0 Å². The van der Waals surface area contributed by atoms with Crippen molar-refractivity contribution in [2.45, 2.75) is 4.34 Å². The number of halogens is 1. The van der Waals surface area contributed by atoms with Crippen LogP contribution < -0.4 is 0 Å². The van der Waals surface area contributed by atoms with Gasteiger partial charge >= 0.3 is 0 Å². The molecule has 4 aromatic rings. The van der Waals surface area contributed by atoms with Crippen LogP contribution in [-0.4, -0.2) is 20.9 Å². The molecule has 0 aliphatic rings. The number of rotatable bonds is 2. The van der Waals surface area contributed by atoms with Crippen LogP contribution in [0.5, 0.6) is 0 Å². The molecule has 1 aromatic carbocycles. The lowest BCUT2D eigenvalue weighted by Crippen LogP contribution is -1.79. The minimum Gasteiger partial charge on any atom is -0.454 e. The summed E-state index contributed by atoms with van der Waals surface area (Å²) in [6.07, 6.45) is 3.77. The van der Waals surface area contributed by atoms with E-state index in [0.717, 1.165) is 9.30 Å². The number of imidazole rings is 1. The number of hydrogen-bond acceptors (Lipinski definition) is 5. The van der Waals surface area contributed by atoms with Gasteiger partial charge in [-0.05, 0) is 24.5 Å². The van der Waals surface area contributed by atoms with Crippen LogP contribution in [0.15, 0.2) is 39.2 Å². The first-order chi connectivity index (χ1) is 9.74. The molecule has 0 saturated carbocycles. The molecule has 4 rings (SSSR count). The maximum atomic E-state index is 13.7. The molecule has 0 saturated heterocycles. The molecule has 0 N–H and O–H groups in total. The fraction of sp³-hybridized carbons (Fsp3) is 0.0769. The summed E-state index contributed by atoms with van der Waals surface area (Å²) in [5.41, 5.74) is 1.18. The van der Waals surface area contributed by atoms with Gasteiger partial charge in [0.25, 0.3) is 0 Å². The Kier molecular flexibility index (Phi) is 2.58. The zero-order valence-electron chi connectivity index (χ0n) is 10.3. The largest absolute Gasteiger partial charge is 0.454 e. The molecule has 3 aromatic heterocycles. The monoisotopic (exact) mass is 305 g/mol. The summed E-state index contributed by atoms with van der Waals surface area (Å²) in [7, 11) is 0. The normalized spacial score (nSPS) is 11.7. The lowest BCUT2D eigenvalue weighted by atomic mass is 10.2. The Morgan fingerprint density at radius 3 is 3.05 bits per heavy atom. The predicted octanol–water partition coefficient (Wildman–Crippen LogP) is 4.07. The summed E-state index contributed by atoms with van der Waals surface area (Å²) in [6.45, 7) is 0. The molecule has 0 amide bonds. The molecule has 0 radical (unpaired) electrons. The van der Waals surface area contributed by atoms with Crippen molar-refractivity contribution >= 4 is 39.0 Å². The van der Waals surface area contributed by atoms with Crippen molar-refractivity contribution in [2.24, 2.45) is 0 Å². The van der Waals surface area contributed by atoms with Crippen molar-refractivity contribution in [3.8, 4) is 11.5 Å². The van der Waals surface area contributed by atoms with Crippen LogP contribution in [-0.2, 0) is 0 Å². The fourth-order valence-electron chi connectivity index (χ4n) is 2.03. The number of benzene rings is 1. The summed E-state index contributed by atoms with van der Waals surface area (Å²) < 4.78 is 22.0. The van der Waals surface area contributed by atoms with E-state index in [4.69, 9.17) is 4.42 Å². The van der Waals surface area contributed by atoms with Crippen molar-refractivity contribution < 1.29 is 8.81 Å². The van der Waals surface area contributed by atoms with Crippen LogP contribution >= 0.6 is 23.1 Å². The highest BCUT2D eigenvalue weighted by Gasteiger charge is 2.14. The highest BCUT2D eigenvalue weighted by atomic mass is 32.2. The van der Waals surface area contributed by atoms with E-state index in [9.17, 15) is 4.39 Å². The molecule has 0 aliphatic carbocycles. The van der Waals surface area contributed by atoms with E-state index in [2.05, 4.69) is 10.1 Å². The third-order valence-corrected chi connectivity index (χ3v) is 4.86. The average Bonchev–Trinajstić information content (AvgIpc) is 3.09. The van der Waals surface area contributed by atoms with E-state index in [1.165, 1.54) is 17.4 Å². The summed E-state index contributed by atoms with van der Waals surface area (Å²) >= 11 is 3.09. The second-order valence-electron chi connectivity index (χ2n) is 4.19. The zero-order valence-corrected chi connectivity index (χ0v) is 12.0. The van der Waals surface area contributed by atoms with E-state index in [1.807, 2.05) is 6.26 Å². The van der Waals surface area contributed by atoms with E-state index >= 15 is 0 Å². The van der Waals surface area contributed by atoms with E-state index in [1.54, 1.807) is 40.7 Å². The number of nitrogens with zero attached hydrogens (tertiary/aromatic N) is 3. The lowest BCUT2D eigenvalue weighted by Gasteiger charge is -1.88. The van der Waals surface area contributed by atoms with Gasteiger partial charge in [0.15, 0.2) is 10.1 Å². The molecule has 0 atom stereocenters. The Hall–Kier alpha value is -1.86. The van der Waals surface area contributed by atoms with Crippen molar-refractivity contribution in [1.29, 1.82) is 0 Å². The van der Waals surface area contributed by atoms with Gasteiger partial charge in [-0.1, -0.05) is 29.2 Å². The minimum absolute atomic E-state index is 0.290. The first kappa shape index (κ1) is 11.9. The van der Waals surface area contributed by atoms with Gasteiger partial charge in [-0.3, -0.25) is 0 Å². The highest BCUT2D eigenvalue weighted by molar-refractivity contribution is 8.00. The first-order valence-electron chi connectivity index (χ1n) is 5.83. The molecule has 20 heavy (non-hydrogen) atoms. The van der Waals surface area contributed by atoms with Gasteiger partial charge in [0.2, 0.25) is 4.96 Å². The first-order valence-corrected chi connectivity index (χ1v) is 7.87. The average molecular weight is 305 g/mol. The smallest absolute Gasteiger partial charge is 0.213 e. The molecule has 3 heterocycles. The topological polar surface area (TPSA) is 43.3 Å². The highest BCUT2D eigenvalue weighted by Crippen LogP contribution is 2.30. The molecular formula is C13H8FN3OS2. The Bertz CT molecular complexity index is 893. The summed E-state index contributed by atoms with van der Waals surface area (Å²) in [4.78, 5) is 5.26. The van der Waals surface area contributed by atoms with Gasteiger partial charge in [-0.2, -0.15) is 0 Å². The number of furan rings is 1. The van der Waals surface area contributed by atoms with Gasteiger partial charge in [0.1, 0.15) is 17.1 Å². The van der Waals surface area contributed by atoms with Crippen LogP contribution in [0.3, 0.4) is 0 Å². The quantitative estimate of drug-likeness (QED) is 0.524. The standard InChI is InChI=1S/C13H8FN3OS2/c1-19-13-16-17-6-9(15-12(17)20-13)11-5-7-8(14)3-2-4-10(7)18-11/h2-6H,1H3. The maximum Gasteiger partial charge on any atom is 0.213 e. The number of fused-ring (bicyclic) bond motifs is 2. The van der Waals surface area contributed by atoms with Crippen molar-refractivity contribution in [1.82, 2.24) is 14.6 Å². The van der Waals surface area contributed by atoms with Gasteiger partial charge < -0.3 is 4.42 Å². The maximum absolute atomic E-state index is 13.7. The zero-order chi connectivity index (χ0) is 13.7. The van der Waals surface area contributed by atoms with Crippen molar-refractivity contribution in [3.63, 3.8) is 0 Å². The van der Waals surface area contributed by atoms with Gasteiger partial charge in [0.05, 0.1) is 11.6 Å². The Balaban J connectivity index is 1.87. The van der Waals surface area contributed by atoms with Crippen LogP contribution in [0.4, 0.5) is 4.39 Å². The molecule has 100 valence electrons. The van der Waals surface area contributed by atoms with Crippen LogP contribution in [0.2, 0.25) is 0 Å². The summed E-state index contributed by atoms with van der Waals surface area (Å²) in [5.74, 6) is 0.259. The molecule has 0 fully saturated rings. The number of aromatic nitrogens is 3. The molecule has 4 nitrogen and oxygen atoms in total. The van der Waals surface area contributed by atoms with Crippen LogP contribution in [0.25, 0.3) is 27.4 Å². The second kappa shape index (κ2) is 4.32. The van der Waals surface area contributed by atoms with E-state index < -0.39 is 0 Å². The van der Waals surface area contributed by atoms with Gasteiger partial charge in [-0.25, -0.2) is 13.9 Å². The molecule has 0 aliphatic heterocycles. The molecule has 7 heteroatoms. The Labute approximate surface area is 121 Å². The minimum atomic E-state index is -0.290. The van der Waals surface area contributed by atoms with Crippen LogP contribution in [0, 0.1) is 5.82 Å². The second-order valence-corrected chi connectivity index (χ2v) is 6.20. The fourth-order valence-corrected chi connectivity index (χ4v) is 3.38. The number of thioether (sulfide) groups is 1. The Morgan fingerprint density at radius 2 is 2.30 bits per heavy atom. The van der Waals surface area contributed by atoms with Crippen LogP contribution in [0.1, 0.15) is 0 Å². The summed E-state index contributed by atoms with van der Waals surface area (Å²) in [5, 5.41) is 4.84.